The number of hydrogen-bond donors (Lipinski definition) is 2. The fraction of sp³-hybridized carbons (Fsp3) is 0.267. The molecule has 3 aromatic carbocycles. The molecule has 1 spiro atoms. The number of fused-ring (bicyclic) bond motifs is 2. The predicted molar refractivity (Wildman–Crippen MR) is 146 cm³/mol. The van der Waals surface area contributed by atoms with E-state index < -0.39 is 67.1 Å². The van der Waals surface area contributed by atoms with E-state index in [1.807, 2.05) is 0 Å². The summed E-state index contributed by atoms with van der Waals surface area (Å²) < 4.78 is 60.1. The quantitative estimate of drug-likeness (QED) is 0.313. The number of urea groups is 1. The number of benzene rings is 3. The summed E-state index contributed by atoms with van der Waals surface area (Å²) in [7, 11) is 0. The molecule has 1 aliphatic heterocycles. The van der Waals surface area contributed by atoms with Gasteiger partial charge < -0.3 is 25.6 Å². The molecule has 0 unspecified atom stereocenters. The largest absolute Gasteiger partial charge is 0.408 e. The first-order chi connectivity index (χ1) is 20.3. The molecular formula is C30H26F4N4O5. The van der Waals surface area contributed by atoms with Gasteiger partial charge in [0.1, 0.15) is 25.1 Å². The van der Waals surface area contributed by atoms with Gasteiger partial charge >= 0.3 is 12.2 Å². The molecule has 1 heterocycles. The number of ketones is 1. The predicted octanol–water partition coefficient (Wildman–Crippen LogP) is 4.10. The lowest BCUT2D eigenvalue weighted by Gasteiger charge is -2.32. The van der Waals surface area contributed by atoms with Crippen molar-refractivity contribution in [3.63, 3.8) is 0 Å². The second-order valence-corrected chi connectivity index (χ2v) is 10.4. The Labute approximate surface area is 243 Å². The highest BCUT2D eigenvalue weighted by Gasteiger charge is 2.59. The van der Waals surface area contributed by atoms with Crippen LogP contribution in [0.4, 0.5) is 28.0 Å². The highest BCUT2D eigenvalue weighted by molar-refractivity contribution is 6.15. The van der Waals surface area contributed by atoms with Gasteiger partial charge in [-0.25, -0.2) is 9.18 Å². The maximum Gasteiger partial charge on any atom is 0.408 e. The molecule has 0 bridgehead atoms. The third kappa shape index (κ3) is 5.67. The molecule has 2 aliphatic rings. The van der Waals surface area contributed by atoms with Crippen LogP contribution in [-0.4, -0.2) is 58.9 Å². The summed E-state index contributed by atoms with van der Waals surface area (Å²) in [5, 5.41) is 2.48. The molecule has 0 radical (unpaired) electrons. The van der Waals surface area contributed by atoms with Crippen molar-refractivity contribution in [2.24, 2.45) is 5.73 Å². The van der Waals surface area contributed by atoms with Crippen LogP contribution in [-0.2, 0) is 37.7 Å². The molecule has 1 aliphatic carbocycles. The van der Waals surface area contributed by atoms with Crippen LogP contribution in [0.5, 0.6) is 0 Å². The summed E-state index contributed by atoms with van der Waals surface area (Å²) in [6, 6.07) is 13.5. The van der Waals surface area contributed by atoms with Crippen LogP contribution in [0.2, 0.25) is 0 Å². The lowest BCUT2D eigenvalue weighted by Crippen LogP contribution is -2.51. The van der Waals surface area contributed by atoms with Gasteiger partial charge in [0.2, 0.25) is 11.5 Å². The number of carbonyl (C=O) groups is 4. The number of rotatable bonds is 7. The normalized spacial score (nSPS) is 18.6. The van der Waals surface area contributed by atoms with Crippen molar-refractivity contribution in [1.29, 1.82) is 0 Å². The van der Waals surface area contributed by atoms with Crippen LogP contribution in [0, 0.1) is 5.82 Å². The number of Topliss-reactive ketones (excluding diaryl/α,β-unsaturated/α-hetero) is 1. The molecule has 3 aromatic rings. The molecule has 4 amide bonds. The van der Waals surface area contributed by atoms with E-state index in [2.05, 4.69) is 5.32 Å². The number of anilines is 1. The number of carbonyl (C=O) groups excluding carboxylic acids is 4. The van der Waals surface area contributed by atoms with Gasteiger partial charge in [-0.2, -0.15) is 13.2 Å². The van der Waals surface area contributed by atoms with E-state index in [9.17, 15) is 36.7 Å². The molecule has 5 rings (SSSR count). The lowest BCUT2D eigenvalue weighted by atomic mass is 9.92. The Morgan fingerprint density at radius 3 is 2.44 bits per heavy atom. The topological polar surface area (TPSA) is 122 Å². The van der Waals surface area contributed by atoms with Crippen molar-refractivity contribution in [2.45, 2.75) is 37.7 Å². The van der Waals surface area contributed by atoms with E-state index in [-0.39, 0.29) is 12.0 Å². The molecule has 2 atom stereocenters. The van der Waals surface area contributed by atoms with E-state index in [0.717, 1.165) is 24.0 Å². The van der Waals surface area contributed by atoms with Gasteiger partial charge in [0.05, 0.1) is 0 Å². The van der Waals surface area contributed by atoms with Gasteiger partial charge in [-0.3, -0.25) is 14.4 Å². The SMILES string of the molecule is C[C@H](N(Cc1ccc(F)cc1)C(=O)CN1CO[C@]2(C(=O)Cc3cc(-c4cccc(NC(N)=O)c4)ccc32)C1=O)C(F)(F)F. The van der Waals surface area contributed by atoms with Crippen LogP contribution in [0.15, 0.2) is 66.7 Å². The first-order valence-electron chi connectivity index (χ1n) is 13.2. The molecule has 43 heavy (non-hydrogen) atoms. The minimum absolute atomic E-state index is 0.141. The van der Waals surface area contributed by atoms with Crippen LogP contribution < -0.4 is 11.1 Å². The number of nitrogens with two attached hydrogens (primary N) is 1. The van der Waals surface area contributed by atoms with Gasteiger partial charge in [-0.1, -0.05) is 42.5 Å². The van der Waals surface area contributed by atoms with Crippen molar-refractivity contribution in [3.8, 4) is 11.1 Å². The van der Waals surface area contributed by atoms with Crippen LogP contribution in [0.3, 0.4) is 0 Å². The molecule has 3 N–H and O–H groups in total. The number of nitrogens with one attached hydrogen (secondary N) is 1. The summed E-state index contributed by atoms with van der Waals surface area (Å²) >= 11 is 0. The standard InChI is InChI=1S/C30H26F4N4O5/c1-17(30(32,33)34)38(14-18-5-8-22(31)9-6-18)26(40)15-37-16-43-29(27(37)41)24-10-7-20(11-21(24)13-25(29)39)19-3-2-4-23(12-19)36-28(35)42/h2-12,17H,13-16H2,1H3,(H3,35,36,42)/t17-,29+/m0/s1. The van der Waals surface area contributed by atoms with Gasteiger partial charge in [0.15, 0.2) is 5.78 Å². The zero-order chi connectivity index (χ0) is 31.1. The fourth-order valence-electron chi connectivity index (χ4n) is 5.32. The van der Waals surface area contributed by atoms with Crippen LogP contribution in [0.25, 0.3) is 11.1 Å². The van der Waals surface area contributed by atoms with E-state index in [0.29, 0.717) is 32.8 Å². The molecule has 9 nitrogen and oxygen atoms in total. The zero-order valence-electron chi connectivity index (χ0n) is 22.8. The molecule has 1 saturated heterocycles. The number of ether oxygens (including phenoxy) is 1. The monoisotopic (exact) mass is 598 g/mol. The second-order valence-electron chi connectivity index (χ2n) is 10.4. The van der Waals surface area contributed by atoms with E-state index in [4.69, 9.17) is 10.5 Å². The number of hydrogen-bond acceptors (Lipinski definition) is 5. The first kappa shape index (κ1) is 29.7. The Hall–Kier alpha value is -4.78. The Bertz CT molecular complexity index is 1610. The summed E-state index contributed by atoms with van der Waals surface area (Å²) in [5.41, 5.74) is 6.09. The number of halogens is 4. The Morgan fingerprint density at radius 1 is 1.07 bits per heavy atom. The maximum atomic E-state index is 13.7. The van der Waals surface area contributed by atoms with E-state index >= 15 is 0 Å². The lowest BCUT2D eigenvalue weighted by molar-refractivity contribution is -0.187. The maximum absolute atomic E-state index is 13.7. The van der Waals surface area contributed by atoms with E-state index in [1.165, 1.54) is 12.1 Å². The Balaban J connectivity index is 1.38. The third-order valence-electron chi connectivity index (χ3n) is 7.57. The zero-order valence-corrected chi connectivity index (χ0v) is 22.8. The summed E-state index contributed by atoms with van der Waals surface area (Å²) in [5.74, 6) is -3.01. The molecule has 0 saturated carbocycles. The number of alkyl halides is 3. The number of nitrogens with zero attached hydrogens (tertiary/aromatic N) is 2. The van der Waals surface area contributed by atoms with Gasteiger partial charge in [0, 0.05) is 24.2 Å². The number of amides is 4. The highest BCUT2D eigenvalue weighted by atomic mass is 19.4. The summed E-state index contributed by atoms with van der Waals surface area (Å²) in [6.45, 7) is -0.903. The number of primary amides is 1. The average Bonchev–Trinajstić information content (AvgIpc) is 3.42. The van der Waals surface area contributed by atoms with E-state index in [1.54, 1.807) is 42.5 Å². The van der Waals surface area contributed by atoms with Crippen LogP contribution in [0.1, 0.15) is 23.6 Å². The Morgan fingerprint density at radius 2 is 1.77 bits per heavy atom. The smallest absolute Gasteiger partial charge is 0.351 e. The summed E-state index contributed by atoms with van der Waals surface area (Å²) in [4.78, 5) is 52.8. The van der Waals surface area contributed by atoms with Crippen molar-refractivity contribution >= 4 is 29.3 Å². The summed E-state index contributed by atoms with van der Waals surface area (Å²) in [6.07, 6.45) is -4.91. The Kier molecular flexibility index (Phi) is 7.69. The molecule has 13 heteroatoms. The average molecular weight is 599 g/mol. The van der Waals surface area contributed by atoms with Gasteiger partial charge in [0.25, 0.3) is 5.91 Å². The minimum atomic E-state index is -4.77. The fourth-order valence-corrected chi connectivity index (χ4v) is 5.32. The highest BCUT2D eigenvalue weighted by Crippen LogP contribution is 2.44. The van der Waals surface area contributed by atoms with Crippen molar-refractivity contribution in [2.75, 3.05) is 18.6 Å². The van der Waals surface area contributed by atoms with Crippen molar-refractivity contribution in [1.82, 2.24) is 9.80 Å². The molecular weight excluding hydrogens is 572 g/mol. The van der Waals surface area contributed by atoms with Crippen molar-refractivity contribution < 1.29 is 41.5 Å². The van der Waals surface area contributed by atoms with Gasteiger partial charge in [-0.05, 0) is 53.4 Å². The molecule has 224 valence electrons. The van der Waals surface area contributed by atoms with Crippen molar-refractivity contribution in [3.05, 3.63) is 89.2 Å². The second kappa shape index (κ2) is 11.1. The minimum Gasteiger partial charge on any atom is -0.351 e. The third-order valence-corrected chi connectivity index (χ3v) is 7.57. The molecule has 1 fully saturated rings. The molecule has 0 aromatic heterocycles. The van der Waals surface area contributed by atoms with Gasteiger partial charge in [-0.15, -0.1) is 0 Å². The first-order valence-corrected chi connectivity index (χ1v) is 13.2. The van der Waals surface area contributed by atoms with Crippen LogP contribution >= 0.6 is 0 Å².